The summed E-state index contributed by atoms with van der Waals surface area (Å²) in [6.45, 7) is 9.55. The van der Waals surface area contributed by atoms with Crippen LogP contribution in [-0.2, 0) is 0 Å². The Labute approximate surface area is 133 Å². The van der Waals surface area contributed by atoms with Gasteiger partial charge in [0.1, 0.15) is 6.23 Å². The molecule has 1 unspecified atom stereocenters. The second kappa shape index (κ2) is 5.86. The zero-order valence-corrected chi connectivity index (χ0v) is 13.9. The summed E-state index contributed by atoms with van der Waals surface area (Å²) in [4.78, 5) is 2.20. The number of aryl methyl sites for hydroxylation is 4. The van der Waals surface area contributed by atoms with Crippen LogP contribution in [0.2, 0.25) is 0 Å². The van der Waals surface area contributed by atoms with Crippen LogP contribution in [0.1, 0.15) is 45.8 Å². The molecule has 1 aliphatic heterocycles. The smallest absolute Gasteiger partial charge is 0.109 e. The molecule has 116 valence electrons. The predicted octanol–water partition coefficient (Wildman–Crippen LogP) is 4.03. The van der Waals surface area contributed by atoms with Gasteiger partial charge in [-0.15, -0.1) is 0 Å². The highest BCUT2D eigenvalue weighted by Crippen LogP contribution is 2.38. The van der Waals surface area contributed by atoms with Gasteiger partial charge in [0.2, 0.25) is 0 Å². The van der Waals surface area contributed by atoms with Crippen LogP contribution < -0.4 is 0 Å². The molecule has 1 atom stereocenters. The molecule has 0 bridgehead atoms. The Hall–Kier alpha value is -1.64. The van der Waals surface area contributed by atoms with E-state index in [0.717, 1.165) is 13.0 Å². The number of hydrogen-bond donors (Lipinski definition) is 1. The second-order valence-electron chi connectivity index (χ2n) is 6.63. The molecule has 1 aliphatic rings. The van der Waals surface area contributed by atoms with E-state index in [1.165, 1.54) is 33.4 Å². The van der Waals surface area contributed by atoms with Crippen molar-refractivity contribution in [1.29, 1.82) is 0 Å². The van der Waals surface area contributed by atoms with Gasteiger partial charge >= 0.3 is 0 Å². The monoisotopic (exact) mass is 295 g/mol. The summed E-state index contributed by atoms with van der Waals surface area (Å²) in [6.07, 6.45) is 0.540. The summed E-state index contributed by atoms with van der Waals surface area (Å²) >= 11 is 0. The van der Waals surface area contributed by atoms with E-state index in [0.29, 0.717) is 0 Å². The molecule has 0 spiro atoms. The van der Waals surface area contributed by atoms with Crippen LogP contribution in [0.25, 0.3) is 0 Å². The Balaban J connectivity index is 2.11. The summed E-state index contributed by atoms with van der Waals surface area (Å²) in [5.74, 6) is 0. The van der Waals surface area contributed by atoms with Gasteiger partial charge in [0.15, 0.2) is 0 Å². The minimum Gasteiger partial charge on any atom is -0.378 e. The molecule has 0 amide bonds. The molecular formula is C20H25NO. The quantitative estimate of drug-likeness (QED) is 0.924. The molecule has 2 nitrogen and oxygen atoms in total. The molecule has 22 heavy (non-hydrogen) atoms. The van der Waals surface area contributed by atoms with Crippen molar-refractivity contribution in [3.63, 3.8) is 0 Å². The average molecular weight is 295 g/mol. The first-order chi connectivity index (χ1) is 10.5. The van der Waals surface area contributed by atoms with Crippen LogP contribution in [0, 0.1) is 27.7 Å². The molecule has 1 heterocycles. The van der Waals surface area contributed by atoms with Crippen LogP contribution in [0.15, 0.2) is 36.4 Å². The lowest BCUT2D eigenvalue weighted by molar-refractivity contribution is -0.0923. The molecule has 1 saturated heterocycles. The van der Waals surface area contributed by atoms with E-state index in [2.05, 4.69) is 69.0 Å². The van der Waals surface area contributed by atoms with Gasteiger partial charge in [-0.05, 0) is 56.4 Å². The average Bonchev–Trinajstić information content (AvgIpc) is 2.44. The Bertz CT molecular complexity index is 641. The highest BCUT2D eigenvalue weighted by atomic mass is 16.3. The lowest BCUT2D eigenvalue weighted by Gasteiger charge is -2.44. The minimum atomic E-state index is -0.327. The third-order valence-corrected chi connectivity index (χ3v) is 4.80. The Morgan fingerprint density at radius 3 is 1.73 bits per heavy atom. The van der Waals surface area contributed by atoms with Crippen molar-refractivity contribution in [3.8, 4) is 0 Å². The highest BCUT2D eigenvalue weighted by molar-refractivity contribution is 5.43. The van der Waals surface area contributed by atoms with Crippen LogP contribution in [0.4, 0.5) is 0 Å². The van der Waals surface area contributed by atoms with Crippen LogP contribution in [-0.4, -0.2) is 22.8 Å². The van der Waals surface area contributed by atoms with Gasteiger partial charge in [-0.1, -0.05) is 47.5 Å². The minimum absolute atomic E-state index is 0.143. The van der Waals surface area contributed by atoms with Crippen molar-refractivity contribution in [3.05, 3.63) is 69.8 Å². The number of likely N-dealkylation sites (tertiary alicyclic amines) is 1. The number of hydrogen-bond acceptors (Lipinski definition) is 2. The van der Waals surface area contributed by atoms with Crippen LogP contribution >= 0.6 is 0 Å². The fraction of sp³-hybridized carbons (Fsp3) is 0.400. The maximum Gasteiger partial charge on any atom is 0.109 e. The lowest BCUT2D eigenvalue weighted by atomic mass is 9.87. The first-order valence-corrected chi connectivity index (χ1v) is 8.05. The van der Waals surface area contributed by atoms with E-state index in [-0.39, 0.29) is 12.3 Å². The van der Waals surface area contributed by atoms with E-state index in [9.17, 15) is 5.11 Å². The fourth-order valence-corrected chi connectivity index (χ4v) is 3.48. The normalized spacial score (nSPS) is 18.5. The van der Waals surface area contributed by atoms with E-state index in [1.807, 2.05) is 0 Å². The summed E-state index contributed by atoms with van der Waals surface area (Å²) < 4.78 is 0. The van der Waals surface area contributed by atoms with E-state index in [1.54, 1.807) is 0 Å². The second-order valence-corrected chi connectivity index (χ2v) is 6.63. The van der Waals surface area contributed by atoms with Crippen LogP contribution in [0.5, 0.6) is 0 Å². The van der Waals surface area contributed by atoms with Crippen molar-refractivity contribution in [2.24, 2.45) is 0 Å². The van der Waals surface area contributed by atoms with Gasteiger partial charge in [0, 0.05) is 6.54 Å². The number of nitrogens with zero attached hydrogens (tertiary/aromatic N) is 1. The molecule has 0 aromatic heterocycles. The predicted molar refractivity (Wildman–Crippen MR) is 91.0 cm³/mol. The molecule has 0 radical (unpaired) electrons. The number of rotatable bonds is 3. The molecule has 1 fully saturated rings. The van der Waals surface area contributed by atoms with Crippen molar-refractivity contribution in [2.45, 2.75) is 46.4 Å². The van der Waals surface area contributed by atoms with Gasteiger partial charge in [0.25, 0.3) is 0 Å². The van der Waals surface area contributed by atoms with Gasteiger partial charge in [0.05, 0.1) is 6.04 Å². The zero-order chi connectivity index (χ0) is 15.9. The van der Waals surface area contributed by atoms with Gasteiger partial charge in [-0.3, -0.25) is 4.90 Å². The van der Waals surface area contributed by atoms with E-state index in [4.69, 9.17) is 0 Å². The molecular weight excluding hydrogens is 270 g/mol. The molecule has 0 aliphatic carbocycles. The third kappa shape index (κ3) is 2.69. The number of aliphatic hydroxyl groups excluding tert-OH is 1. The van der Waals surface area contributed by atoms with Crippen molar-refractivity contribution in [1.82, 2.24) is 4.90 Å². The standard InChI is InChI=1S/C20H25NO/c1-13-5-7-17(15(3)11-13)20(21-10-9-19(21)22)18-8-6-14(2)12-16(18)4/h5-8,11-12,19-20,22H,9-10H2,1-4H3. The highest BCUT2D eigenvalue weighted by Gasteiger charge is 2.35. The first-order valence-electron chi connectivity index (χ1n) is 8.05. The molecule has 2 aromatic carbocycles. The largest absolute Gasteiger partial charge is 0.378 e. The first kappa shape index (κ1) is 15.3. The maximum atomic E-state index is 10.2. The fourth-order valence-electron chi connectivity index (χ4n) is 3.48. The Kier molecular flexibility index (Phi) is 4.07. The zero-order valence-electron chi connectivity index (χ0n) is 13.9. The Morgan fingerprint density at radius 1 is 0.909 bits per heavy atom. The molecule has 3 rings (SSSR count). The summed E-state index contributed by atoms with van der Waals surface area (Å²) in [5.41, 5.74) is 7.76. The van der Waals surface area contributed by atoms with Gasteiger partial charge < -0.3 is 5.11 Å². The lowest BCUT2D eigenvalue weighted by Crippen LogP contribution is -2.50. The summed E-state index contributed by atoms with van der Waals surface area (Å²) in [5, 5.41) is 10.2. The molecule has 2 heteroatoms. The summed E-state index contributed by atoms with van der Waals surface area (Å²) in [6, 6.07) is 13.4. The molecule has 0 saturated carbocycles. The summed E-state index contributed by atoms with van der Waals surface area (Å²) in [7, 11) is 0. The van der Waals surface area contributed by atoms with Crippen molar-refractivity contribution >= 4 is 0 Å². The molecule has 2 aromatic rings. The number of benzene rings is 2. The van der Waals surface area contributed by atoms with Crippen molar-refractivity contribution < 1.29 is 5.11 Å². The maximum absolute atomic E-state index is 10.2. The number of aliphatic hydroxyl groups is 1. The third-order valence-electron chi connectivity index (χ3n) is 4.80. The van der Waals surface area contributed by atoms with E-state index >= 15 is 0 Å². The van der Waals surface area contributed by atoms with Crippen LogP contribution in [0.3, 0.4) is 0 Å². The Morgan fingerprint density at radius 2 is 1.41 bits per heavy atom. The topological polar surface area (TPSA) is 23.5 Å². The SMILES string of the molecule is Cc1ccc(C(c2ccc(C)cc2C)N2CCC2O)c(C)c1. The van der Waals surface area contributed by atoms with Crippen molar-refractivity contribution in [2.75, 3.05) is 6.54 Å². The van der Waals surface area contributed by atoms with Gasteiger partial charge in [-0.2, -0.15) is 0 Å². The molecule has 1 N–H and O–H groups in total. The van der Waals surface area contributed by atoms with E-state index < -0.39 is 0 Å². The van der Waals surface area contributed by atoms with Gasteiger partial charge in [-0.25, -0.2) is 0 Å².